The van der Waals surface area contributed by atoms with E-state index in [9.17, 15) is 9.59 Å². The maximum Gasteiger partial charge on any atom is 0.335 e. The number of carbonyl (C=O) groups is 2. The van der Waals surface area contributed by atoms with E-state index in [-0.39, 0.29) is 11.7 Å². The van der Waals surface area contributed by atoms with E-state index < -0.39 is 5.97 Å². The molecule has 0 saturated carbocycles. The molecular formula is C34H36O3. The van der Waals surface area contributed by atoms with Crippen LogP contribution in [-0.2, 0) is 17.6 Å². The molecule has 1 N–H and O–H groups in total. The van der Waals surface area contributed by atoms with Gasteiger partial charge in [-0.15, -0.1) is 0 Å². The quantitative estimate of drug-likeness (QED) is 0.290. The lowest BCUT2D eigenvalue weighted by molar-refractivity contribution is -0.118. The van der Waals surface area contributed by atoms with Crippen LogP contribution in [0.4, 0.5) is 0 Å². The molecule has 1 unspecified atom stereocenters. The minimum atomic E-state index is -0.896. The smallest absolute Gasteiger partial charge is 0.335 e. The van der Waals surface area contributed by atoms with Crippen molar-refractivity contribution < 1.29 is 14.7 Å². The molecule has 0 saturated heterocycles. The molecule has 0 spiro atoms. The van der Waals surface area contributed by atoms with E-state index in [0.717, 1.165) is 49.7 Å². The summed E-state index contributed by atoms with van der Waals surface area (Å²) in [5.41, 5.74) is 9.78. The van der Waals surface area contributed by atoms with Crippen LogP contribution in [0.3, 0.4) is 0 Å². The number of unbranched alkanes of at least 4 members (excludes halogenated alkanes) is 1. The molecule has 0 heterocycles. The summed E-state index contributed by atoms with van der Waals surface area (Å²) in [4.78, 5) is 24.8. The largest absolute Gasteiger partial charge is 0.478 e. The standard InChI is InChI=1S/C34H36O3/c1-4-29-30(16-10-8-12-25-18-20-27(21-19-25)34(36)37)23(2)24(3)32(33(29)35)22-28-15-9-11-17-31(28)26-13-6-5-7-14-26/h5-7,9,11,13-15,17-21,32H,4,8,10,12,16,22H2,1-3H3,(H,36,37). The maximum absolute atomic E-state index is 13.8. The number of aromatic carboxylic acids is 1. The number of Topliss-reactive ketones (excluding diaryl/α,β-unsaturated/α-hetero) is 1. The molecule has 0 fully saturated rings. The highest BCUT2D eigenvalue weighted by Crippen LogP contribution is 2.38. The fourth-order valence-electron chi connectivity index (χ4n) is 5.52. The number of ketones is 1. The van der Waals surface area contributed by atoms with Crippen LogP contribution in [-0.4, -0.2) is 16.9 Å². The molecule has 1 atom stereocenters. The second-order valence-corrected chi connectivity index (χ2v) is 9.97. The summed E-state index contributed by atoms with van der Waals surface area (Å²) in [5, 5.41) is 9.08. The van der Waals surface area contributed by atoms with Crippen LogP contribution in [0.25, 0.3) is 11.1 Å². The van der Waals surface area contributed by atoms with E-state index in [1.54, 1.807) is 12.1 Å². The summed E-state index contributed by atoms with van der Waals surface area (Å²) in [5.74, 6) is -0.726. The summed E-state index contributed by atoms with van der Waals surface area (Å²) in [6.45, 7) is 6.42. The van der Waals surface area contributed by atoms with Crippen molar-refractivity contribution in [1.29, 1.82) is 0 Å². The molecule has 1 aliphatic carbocycles. The summed E-state index contributed by atoms with van der Waals surface area (Å²) in [6, 6.07) is 26.0. The van der Waals surface area contributed by atoms with Crippen molar-refractivity contribution in [2.45, 2.75) is 59.3 Å². The minimum absolute atomic E-state index is 0.115. The van der Waals surface area contributed by atoms with E-state index in [2.05, 4.69) is 69.3 Å². The van der Waals surface area contributed by atoms with E-state index in [4.69, 9.17) is 5.11 Å². The number of carbonyl (C=O) groups excluding carboxylic acids is 1. The molecule has 0 aromatic heterocycles. The molecule has 3 nitrogen and oxygen atoms in total. The van der Waals surface area contributed by atoms with Gasteiger partial charge in [0.25, 0.3) is 0 Å². The normalized spacial score (nSPS) is 15.9. The lowest BCUT2D eigenvalue weighted by Crippen LogP contribution is -2.26. The Labute approximate surface area is 220 Å². The van der Waals surface area contributed by atoms with Crippen LogP contribution in [0.5, 0.6) is 0 Å². The Bertz CT molecular complexity index is 1330. The second-order valence-electron chi connectivity index (χ2n) is 9.97. The number of hydrogen-bond acceptors (Lipinski definition) is 2. The van der Waals surface area contributed by atoms with Gasteiger partial charge in [-0.25, -0.2) is 4.79 Å². The van der Waals surface area contributed by atoms with E-state index >= 15 is 0 Å². The van der Waals surface area contributed by atoms with Crippen LogP contribution in [0.1, 0.15) is 67.9 Å². The predicted octanol–water partition coefficient (Wildman–Crippen LogP) is 8.25. The molecule has 37 heavy (non-hydrogen) atoms. The lowest BCUT2D eigenvalue weighted by atomic mass is 9.74. The van der Waals surface area contributed by atoms with Crippen molar-refractivity contribution in [3.63, 3.8) is 0 Å². The zero-order valence-electron chi connectivity index (χ0n) is 22.1. The number of hydrogen-bond donors (Lipinski definition) is 1. The van der Waals surface area contributed by atoms with Gasteiger partial charge in [0.05, 0.1) is 5.56 Å². The topological polar surface area (TPSA) is 54.4 Å². The highest BCUT2D eigenvalue weighted by atomic mass is 16.4. The maximum atomic E-state index is 13.8. The van der Waals surface area contributed by atoms with Crippen LogP contribution in [0, 0.1) is 5.92 Å². The second kappa shape index (κ2) is 12.0. The fraction of sp³-hybridized carbons (Fsp3) is 0.294. The first-order valence-corrected chi connectivity index (χ1v) is 13.3. The summed E-state index contributed by atoms with van der Waals surface area (Å²) >= 11 is 0. The first-order valence-electron chi connectivity index (χ1n) is 13.3. The Morgan fingerprint density at radius 2 is 1.46 bits per heavy atom. The SMILES string of the molecule is CCC1=C(CCCCc2ccc(C(=O)O)cc2)C(C)=C(C)C(Cc2ccccc2-c2ccccc2)C1=O. The van der Waals surface area contributed by atoms with Crippen LogP contribution in [0.2, 0.25) is 0 Å². The van der Waals surface area contributed by atoms with Gasteiger partial charge >= 0.3 is 5.97 Å². The van der Waals surface area contributed by atoms with Crippen LogP contribution in [0.15, 0.2) is 101 Å². The first-order chi connectivity index (χ1) is 17.9. The Kier molecular flexibility index (Phi) is 8.55. The van der Waals surface area contributed by atoms with Gasteiger partial charge in [-0.1, -0.05) is 79.2 Å². The third-order valence-electron chi connectivity index (χ3n) is 7.77. The van der Waals surface area contributed by atoms with Gasteiger partial charge in [0, 0.05) is 5.92 Å². The molecule has 3 aromatic rings. The third-order valence-corrected chi connectivity index (χ3v) is 7.77. The number of aryl methyl sites for hydroxylation is 1. The summed E-state index contributed by atoms with van der Waals surface area (Å²) < 4.78 is 0. The van der Waals surface area contributed by atoms with Crippen molar-refractivity contribution >= 4 is 11.8 Å². The molecule has 0 aliphatic heterocycles. The zero-order chi connectivity index (χ0) is 26.4. The Morgan fingerprint density at radius 1 is 0.811 bits per heavy atom. The Hall–Kier alpha value is -3.72. The van der Waals surface area contributed by atoms with Gasteiger partial charge in [-0.3, -0.25) is 4.79 Å². The highest BCUT2D eigenvalue weighted by Gasteiger charge is 2.32. The Balaban J connectivity index is 1.47. The minimum Gasteiger partial charge on any atom is -0.478 e. The number of rotatable bonds is 10. The van der Waals surface area contributed by atoms with Crippen molar-refractivity contribution in [2.24, 2.45) is 5.92 Å². The Morgan fingerprint density at radius 3 is 2.14 bits per heavy atom. The average Bonchev–Trinajstić information content (AvgIpc) is 2.92. The van der Waals surface area contributed by atoms with Gasteiger partial charge in [-0.2, -0.15) is 0 Å². The average molecular weight is 493 g/mol. The molecule has 0 radical (unpaired) electrons. The lowest BCUT2D eigenvalue weighted by Gasteiger charge is -2.29. The first kappa shape index (κ1) is 26.3. The molecule has 190 valence electrons. The molecule has 0 bridgehead atoms. The van der Waals surface area contributed by atoms with E-state index in [1.165, 1.54) is 33.4 Å². The molecule has 3 heteroatoms. The zero-order valence-corrected chi connectivity index (χ0v) is 22.1. The van der Waals surface area contributed by atoms with Gasteiger partial charge < -0.3 is 5.11 Å². The molecule has 3 aromatic carbocycles. The molecule has 0 amide bonds. The molecule has 1 aliphatic rings. The molecular weight excluding hydrogens is 456 g/mol. The van der Waals surface area contributed by atoms with Gasteiger partial charge in [0.1, 0.15) is 0 Å². The predicted molar refractivity (Wildman–Crippen MR) is 151 cm³/mol. The number of benzene rings is 3. The van der Waals surface area contributed by atoms with E-state index in [1.807, 2.05) is 18.2 Å². The number of allylic oxidation sites excluding steroid dienone is 4. The van der Waals surface area contributed by atoms with Crippen molar-refractivity contribution in [3.8, 4) is 11.1 Å². The number of carboxylic acid groups (broad SMARTS) is 1. The van der Waals surface area contributed by atoms with Gasteiger partial charge in [0.15, 0.2) is 5.78 Å². The van der Waals surface area contributed by atoms with Crippen molar-refractivity contribution in [2.75, 3.05) is 0 Å². The summed E-state index contributed by atoms with van der Waals surface area (Å²) in [6.07, 6.45) is 5.28. The van der Waals surface area contributed by atoms with Crippen LogP contribution >= 0.6 is 0 Å². The monoisotopic (exact) mass is 492 g/mol. The van der Waals surface area contributed by atoms with Crippen molar-refractivity contribution in [1.82, 2.24) is 0 Å². The van der Waals surface area contributed by atoms with Crippen molar-refractivity contribution in [3.05, 3.63) is 118 Å². The summed E-state index contributed by atoms with van der Waals surface area (Å²) in [7, 11) is 0. The fourth-order valence-corrected chi connectivity index (χ4v) is 5.52. The number of carboxylic acids is 1. The molecule has 4 rings (SSSR count). The van der Waals surface area contributed by atoms with Crippen LogP contribution < -0.4 is 0 Å². The van der Waals surface area contributed by atoms with E-state index in [0.29, 0.717) is 5.56 Å². The van der Waals surface area contributed by atoms with Gasteiger partial charge in [0.2, 0.25) is 0 Å². The third kappa shape index (κ3) is 5.99. The highest BCUT2D eigenvalue weighted by molar-refractivity contribution is 6.02. The van der Waals surface area contributed by atoms with Gasteiger partial charge in [-0.05, 0) is 103 Å².